The summed E-state index contributed by atoms with van der Waals surface area (Å²) in [5, 5.41) is 60.1. The van der Waals surface area contributed by atoms with Crippen LogP contribution in [0.25, 0.3) is 11.1 Å². The van der Waals surface area contributed by atoms with Crippen LogP contribution < -0.4 is 0 Å². The van der Waals surface area contributed by atoms with E-state index in [2.05, 4.69) is 4.98 Å². The van der Waals surface area contributed by atoms with Gasteiger partial charge in [-0.05, 0) is 43.2 Å². The summed E-state index contributed by atoms with van der Waals surface area (Å²) in [6.07, 6.45) is 2.48. The maximum Gasteiger partial charge on any atom is 0.303 e. The number of hydrogen-bond acceptors (Lipinski definition) is 7. The molecule has 34 heavy (non-hydrogen) atoms. The van der Waals surface area contributed by atoms with E-state index in [1.807, 2.05) is 6.20 Å². The second kappa shape index (κ2) is 9.51. The van der Waals surface area contributed by atoms with E-state index >= 15 is 0 Å². The molecule has 2 aliphatic rings. The predicted molar refractivity (Wildman–Crippen MR) is 117 cm³/mol. The van der Waals surface area contributed by atoms with Crippen LogP contribution in [0.3, 0.4) is 0 Å². The van der Waals surface area contributed by atoms with Crippen molar-refractivity contribution in [1.82, 2.24) is 9.55 Å². The van der Waals surface area contributed by atoms with Crippen LogP contribution in [-0.2, 0) is 33.7 Å². The van der Waals surface area contributed by atoms with E-state index in [0.717, 1.165) is 22.4 Å². The van der Waals surface area contributed by atoms with E-state index in [1.54, 1.807) is 10.8 Å². The number of carbonyl (C=O) groups is 2. The number of hydrogen-bond donors (Lipinski definition) is 7. The molecule has 11 heteroatoms. The molecule has 0 saturated carbocycles. The summed E-state index contributed by atoms with van der Waals surface area (Å²) in [6.45, 7) is -0.467. The maximum absolute atomic E-state index is 11.3. The summed E-state index contributed by atoms with van der Waals surface area (Å²) in [5.74, 6) is -4.79. The highest BCUT2D eigenvalue weighted by Crippen LogP contribution is 2.53. The summed E-state index contributed by atoms with van der Waals surface area (Å²) < 4.78 is 7.24. The lowest BCUT2D eigenvalue weighted by Crippen LogP contribution is -2.54. The summed E-state index contributed by atoms with van der Waals surface area (Å²) >= 11 is 0. The smallest absolute Gasteiger partial charge is 0.303 e. The molecule has 3 heterocycles. The van der Waals surface area contributed by atoms with Crippen LogP contribution in [0.2, 0.25) is 0 Å². The van der Waals surface area contributed by atoms with Gasteiger partial charge in [-0.15, -0.1) is 0 Å². The Bertz CT molecular complexity index is 1070. The van der Waals surface area contributed by atoms with Gasteiger partial charge in [0.25, 0.3) is 0 Å². The molecule has 1 aliphatic carbocycles. The molecular formula is C23H30N2O9. The minimum Gasteiger partial charge on any atom is -0.481 e. The minimum absolute atomic E-state index is 0.0360. The van der Waals surface area contributed by atoms with Crippen LogP contribution in [0.4, 0.5) is 0 Å². The zero-order valence-electron chi connectivity index (χ0n) is 18.6. The monoisotopic (exact) mass is 478 g/mol. The lowest BCUT2D eigenvalue weighted by atomic mass is 9.80. The molecule has 0 saturated heterocycles. The van der Waals surface area contributed by atoms with Crippen molar-refractivity contribution in [3.8, 4) is 11.1 Å². The highest BCUT2D eigenvalue weighted by Gasteiger charge is 2.54. The Labute approximate surface area is 195 Å². The van der Waals surface area contributed by atoms with Crippen LogP contribution in [0.1, 0.15) is 66.8 Å². The fraction of sp³-hybridized carbons (Fsp3) is 0.565. The van der Waals surface area contributed by atoms with E-state index in [9.17, 15) is 30.0 Å². The van der Waals surface area contributed by atoms with E-state index in [-0.39, 0.29) is 12.8 Å². The van der Waals surface area contributed by atoms with Gasteiger partial charge in [0.05, 0.1) is 12.3 Å². The van der Waals surface area contributed by atoms with E-state index in [0.29, 0.717) is 49.9 Å². The quantitative estimate of drug-likeness (QED) is 0.260. The van der Waals surface area contributed by atoms with Gasteiger partial charge < -0.3 is 44.9 Å². The SMILES string of the molecule is O=C(O)CCCc1[nH]cc2c1CCC1c3c-2cn(CCCC(=O)O)c3C(O)OC1(O)C(O)CO. The van der Waals surface area contributed by atoms with Crippen molar-refractivity contribution < 1.29 is 45.0 Å². The van der Waals surface area contributed by atoms with E-state index < -0.39 is 42.6 Å². The lowest BCUT2D eigenvalue weighted by Gasteiger charge is -2.44. The second-order valence-corrected chi connectivity index (χ2v) is 8.95. The third-order valence-electron chi connectivity index (χ3n) is 6.85. The van der Waals surface area contributed by atoms with Gasteiger partial charge in [-0.2, -0.15) is 0 Å². The Balaban J connectivity index is 1.79. The van der Waals surface area contributed by atoms with E-state index in [1.165, 1.54) is 0 Å². The Morgan fingerprint density at radius 2 is 1.91 bits per heavy atom. The maximum atomic E-state index is 11.3. The molecule has 2 aromatic rings. The number of nitrogens with zero attached hydrogens (tertiary/aromatic N) is 1. The van der Waals surface area contributed by atoms with Gasteiger partial charge >= 0.3 is 11.9 Å². The van der Waals surface area contributed by atoms with Crippen LogP contribution in [-0.4, -0.2) is 70.6 Å². The van der Waals surface area contributed by atoms with Crippen LogP contribution in [0.15, 0.2) is 12.4 Å². The number of carboxylic acid groups (broad SMARTS) is 2. The van der Waals surface area contributed by atoms with Crippen molar-refractivity contribution in [2.45, 2.75) is 75.6 Å². The Hall–Kier alpha value is -2.70. The molecule has 11 nitrogen and oxygen atoms in total. The number of nitrogens with one attached hydrogen (secondary N) is 1. The molecule has 0 aromatic carbocycles. The molecule has 4 atom stereocenters. The Kier molecular flexibility index (Phi) is 6.83. The minimum atomic E-state index is -2.22. The van der Waals surface area contributed by atoms with Crippen LogP contribution >= 0.6 is 0 Å². The average molecular weight is 478 g/mol. The largest absolute Gasteiger partial charge is 0.481 e. The Morgan fingerprint density at radius 3 is 2.59 bits per heavy atom. The number of carboxylic acids is 2. The van der Waals surface area contributed by atoms with Gasteiger partial charge in [-0.1, -0.05) is 0 Å². The topological polar surface area (TPSA) is 185 Å². The highest BCUT2D eigenvalue weighted by molar-refractivity contribution is 5.75. The molecule has 2 aromatic heterocycles. The summed E-state index contributed by atoms with van der Waals surface area (Å²) in [7, 11) is 0. The van der Waals surface area contributed by atoms with Crippen molar-refractivity contribution in [3.63, 3.8) is 0 Å². The first kappa shape index (κ1) is 24.4. The van der Waals surface area contributed by atoms with Crippen LogP contribution in [0.5, 0.6) is 0 Å². The highest BCUT2D eigenvalue weighted by atomic mass is 16.7. The molecule has 0 amide bonds. The molecule has 0 fully saturated rings. The number of aliphatic hydroxyl groups excluding tert-OH is 3. The molecule has 1 aliphatic heterocycles. The molecule has 4 rings (SSSR count). The number of aliphatic hydroxyl groups is 4. The lowest BCUT2D eigenvalue weighted by molar-refractivity contribution is -0.341. The van der Waals surface area contributed by atoms with Gasteiger partial charge in [-0.3, -0.25) is 9.59 Å². The second-order valence-electron chi connectivity index (χ2n) is 8.95. The predicted octanol–water partition coefficient (Wildman–Crippen LogP) is 0.848. The van der Waals surface area contributed by atoms with Gasteiger partial charge in [0.15, 0.2) is 6.29 Å². The normalized spacial score (nSPS) is 24.2. The first-order valence-electron chi connectivity index (χ1n) is 11.4. The zero-order valence-corrected chi connectivity index (χ0v) is 18.6. The molecular weight excluding hydrogens is 448 g/mol. The molecule has 7 N–H and O–H groups in total. The fourth-order valence-corrected chi connectivity index (χ4v) is 5.30. The number of aryl methyl sites for hydroxylation is 2. The molecule has 0 radical (unpaired) electrons. The van der Waals surface area contributed by atoms with Gasteiger partial charge in [0.2, 0.25) is 5.79 Å². The number of aliphatic carboxylic acids is 2. The number of rotatable bonds is 10. The molecule has 4 unspecified atom stereocenters. The fourth-order valence-electron chi connectivity index (χ4n) is 5.30. The summed E-state index contributed by atoms with van der Waals surface area (Å²) in [5.41, 5.74) is 4.39. The van der Waals surface area contributed by atoms with Gasteiger partial charge in [0.1, 0.15) is 6.10 Å². The number of ether oxygens (including phenoxy) is 1. The number of H-pyrrole nitrogens is 1. The summed E-state index contributed by atoms with van der Waals surface area (Å²) in [6, 6.07) is 0. The standard InChI is InChI=1S/C23H30N2O9/c26-11-17(27)23(33)15-7-6-12-13(9-24-16(12)3-1-4-18(28)29)14-10-25(8-2-5-19(30)31)21(20(14)15)22(32)34-23/h9-10,15,17,22,24,26-27,32-33H,1-8,11H2,(H,28,29)(H,30,31). The average Bonchev–Trinajstić information content (AvgIpc) is 3.29. The van der Waals surface area contributed by atoms with Crippen molar-refractivity contribution >= 4 is 11.9 Å². The van der Waals surface area contributed by atoms with Crippen molar-refractivity contribution in [2.24, 2.45) is 0 Å². The third kappa shape index (κ3) is 4.25. The van der Waals surface area contributed by atoms with Gasteiger partial charge in [-0.25, -0.2) is 0 Å². The molecule has 0 bridgehead atoms. The van der Waals surface area contributed by atoms with E-state index in [4.69, 9.17) is 14.9 Å². The molecule has 0 spiro atoms. The van der Waals surface area contributed by atoms with Crippen LogP contribution in [0, 0.1) is 0 Å². The zero-order chi connectivity index (χ0) is 24.6. The Morgan fingerprint density at radius 1 is 1.21 bits per heavy atom. The summed E-state index contributed by atoms with van der Waals surface area (Å²) in [4.78, 5) is 25.2. The molecule has 186 valence electrons. The number of fused-ring (bicyclic) bond motifs is 2. The van der Waals surface area contributed by atoms with Crippen molar-refractivity contribution in [1.29, 1.82) is 0 Å². The third-order valence-corrected chi connectivity index (χ3v) is 6.85. The first-order chi connectivity index (χ1) is 16.2. The number of aromatic amines is 1. The van der Waals surface area contributed by atoms with Gasteiger partial charge in [0, 0.05) is 54.5 Å². The van der Waals surface area contributed by atoms with Crippen molar-refractivity contribution in [3.05, 3.63) is 34.9 Å². The number of aromatic nitrogens is 2. The first-order valence-corrected chi connectivity index (χ1v) is 11.4. The van der Waals surface area contributed by atoms with Crippen molar-refractivity contribution in [2.75, 3.05) is 6.61 Å².